The molecule has 6 nitrogen and oxygen atoms in total. The van der Waals surface area contributed by atoms with Gasteiger partial charge in [0.25, 0.3) is 0 Å². The summed E-state index contributed by atoms with van der Waals surface area (Å²) in [5, 5.41) is 13.6. The Morgan fingerprint density at radius 3 is 2.80 bits per heavy atom. The molecule has 3 N–H and O–H groups in total. The molecule has 4 rings (SSSR count). The number of carbonyl (C=O) groups is 1. The standard InChI is InChI=1S/C17H22FN3O3S/c1-10-11-3-5-14(20-10)13(9-11)12-4-6-15(23)17(16(12)18)21(7-8-22)25(24)19-2/h4,6,8-11,14,19-20,23H,3,5,7H2,1-2H3. The van der Waals surface area contributed by atoms with Crippen molar-refractivity contribution in [2.45, 2.75) is 31.8 Å². The summed E-state index contributed by atoms with van der Waals surface area (Å²) in [4.78, 5) is 10.9. The summed E-state index contributed by atoms with van der Waals surface area (Å²) in [7, 11) is 1.43. The van der Waals surface area contributed by atoms with E-state index in [1.807, 2.05) is 0 Å². The number of piperidine rings is 1. The van der Waals surface area contributed by atoms with Crippen molar-refractivity contribution < 1.29 is 18.5 Å². The lowest BCUT2D eigenvalue weighted by molar-refractivity contribution is -0.106. The summed E-state index contributed by atoms with van der Waals surface area (Å²) in [5.41, 5.74) is 0.993. The molecule has 8 heteroatoms. The van der Waals surface area contributed by atoms with Crippen LogP contribution >= 0.6 is 0 Å². The molecule has 1 aromatic carbocycles. The van der Waals surface area contributed by atoms with Crippen LogP contribution in [0.3, 0.4) is 0 Å². The van der Waals surface area contributed by atoms with Crippen molar-refractivity contribution >= 4 is 28.7 Å². The van der Waals surface area contributed by atoms with Crippen LogP contribution in [0.4, 0.5) is 10.1 Å². The van der Waals surface area contributed by atoms with Gasteiger partial charge in [0.05, 0.1) is 6.54 Å². The Labute approximate surface area is 148 Å². The zero-order valence-corrected chi connectivity index (χ0v) is 15.0. The molecule has 2 heterocycles. The molecule has 0 saturated carbocycles. The van der Waals surface area contributed by atoms with Gasteiger partial charge in [-0.15, -0.1) is 0 Å². The van der Waals surface area contributed by atoms with E-state index >= 15 is 4.39 Å². The molecule has 1 aliphatic carbocycles. The number of carbonyl (C=O) groups excluding carboxylic acids is 1. The van der Waals surface area contributed by atoms with Crippen LogP contribution in [0.2, 0.25) is 0 Å². The van der Waals surface area contributed by atoms with Crippen LogP contribution in [-0.2, 0) is 16.0 Å². The van der Waals surface area contributed by atoms with E-state index < -0.39 is 17.0 Å². The van der Waals surface area contributed by atoms with Crippen molar-refractivity contribution in [2.24, 2.45) is 5.92 Å². The Kier molecular flexibility index (Phi) is 5.21. The highest BCUT2D eigenvalue weighted by Gasteiger charge is 2.35. The molecule has 2 aliphatic heterocycles. The van der Waals surface area contributed by atoms with Gasteiger partial charge in [-0.25, -0.2) is 13.3 Å². The van der Waals surface area contributed by atoms with Gasteiger partial charge in [-0.1, -0.05) is 6.08 Å². The second kappa shape index (κ2) is 7.23. The molecule has 3 aliphatic rings. The van der Waals surface area contributed by atoms with Crippen molar-refractivity contribution in [2.75, 3.05) is 17.9 Å². The number of rotatable bonds is 6. The molecule has 1 aromatic rings. The number of fused-ring (bicyclic) bond motifs is 2. The number of anilines is 1. The van der Waals surface area contributed by atoms with Crippen molar-refractivity contribution in [1.29, 1.82) is 0 Å². The van der Waals surface area contributed by atoms with Crippen LogP contribution < -0.4 is 14.3 Å². The lowest BCUT2D eigenvalue weighted by Crippen LogP contribution is -2.49. The Morgan fingerprint density at radius 2 is 2.24 bits per heavy atom. The van der Waals surface area contributed by atoms with E-state index in [-0.39, 0.29) is 24.0 Å². The summed E-state index contributed by atoms with van der Waals surface area (Å²) < 4.78 is 30.9. The molecule has 0 amide bonds. The summed E-state index contributed by atoms with van der Waals surface area (Å²) in [6.07, 6.45) is 4.60. The highest BCUT2D eigenvalue weighted by atomic mass is 32.2. The van der Waals surface area contributed by atoms with Gasteiger partial charge in [0.2, 0.25) is 0 Å². The van der Waals surface area contributed by atoms with Gasteiger partial charge in [0, 0.05) is 17.6 Å². The van der Waals surface area contributed by atoms with Crippen LogP contribution in [0.15, 0.2) is 18.2 Å². The molecule has 136 valence electrons. The number of benzene rings is 1. The lowest BCUT2D eigenvalue weighted by Gasteiger charge is -2.41. The number of nitrogens with one attached hydrogen (secondary N) is 2. The van der Waals surface area contributed by atoms with Crippen molar-refractivity contribution in [3.63, 3.8) is 0 Å². The molecule has 2 bridgehead atoms. The summed E-state index contributed by atoms with van der Waals surface area (Å²) in [5.74, 6) is -0.678. The average molecular weight is 367 g/mol. The number of phenolic OH excluding ortho intramolecular Hbond substituents is 1. The third-order valence-electron chi connectivity index (χ3n) is 4.93. The molecule has 4 atom stereocenters. The minimum atomic E-state index is -1.84. The van der Waals surface area contributed by atoms with E-state index in [9.17, 15) is 14.1 Å². The predicted octanol–water partition coefficient (Wildman–Crippen LogP) is 1.49. The highest BCUT2D eigenvalue weighted by Crippen LogP contribution is 2.41. The van der Waals surface area contributed by atoms with E-state index in [1.54, 1.807) is 0 Å². The summed E-state index contributed by atoms with van der Waals surface area (Å²) in [6.45, 7) is 1.81. The van der Waals surface area contributed by atoms with Gasteiger partial charge < -0.3 is 15.2 Å². The third-order valence-corrected chi connectivity index (χ3v) is 6.02. The highest BCUT2D eigenvalue weighted by molar-refractivity contribution is 7.84. The van der Waals surface area contributed by atoms with E-state index in [4.69, 9.17) is 0 Å². The van der Waals surface area contributed by atoms with Gasteiger partial charge in [0.1, 0.15) is 17.7 Å². The number of phenols is 1. The van der Waals surface area contributed by atoms with E-state index in [2.05, 4.69) is 23.0 Å². The van der Waals surface area contributed by atoms with Crippen LogP contribution in [0.25, 0.3) is 5.57 Å². The molecule has 1 fully saturated rings. The maximum Gasteiger partial charge on any atom is 0.196 e. The topological polar surface area (TPSA) is 81.7 Å². The van der Waals surface area contributed by atoms with E-state index in [1.165, 1.54) is 19.2 Å². The van der Waals surface area contributed by atoms with Gasteiger partial charge >= 0.3 is 0 Å². The van der Waals surface area contributed by atoms with Crippen LogP contribution in [0.5, 0.6) is 5.75 Å². The average Bonchev–Trinajstić information content (AvgIpc) is 2.61. The first kappa shape index (κ1) is 18.0. The number of aromatic hydroxyl groups is 1. The Morgan fingerprint density at radius 1 is 1.48 bits per heavy atom. The fraction of sp³-hybridized carbons (Fsp3) is 0.471. The zero-order chi connectivity index (χ0) is 18.1. The number of nitrogens with zero attached hydrogens (tertiary/aromatic N) is 1. The first-order valence-corrected chi connectivity index (χ1v) is 9.38. The zero-order valence-electron chi connectivity index (χ0n) is 14.2. The minimum Gasteiger partial charge on any atom is -0.506 e. The van der Waals surface area contributed by atoms with Crippen LogP contribution in [-0.4, -0.2) is 41.3 Å². The smallest absolute Gasteiger partial charge is 0.196 e. The quantitative estimate of drug-likeness (QED) is 0.666. The Bertz CT molecular complexity index is 740. The van der Waals surface area contributed by atoms with E-state index in [0.717, 1.165) is 22.7 Å². The number of hydrogen-bond acceptors (Lipinski definition) is 4. The second-order valence-electron chi connectivity index (χ2n) is 6.35. The lowest BCUT2D eigenvalue weighted by atomic mass is 9.76. The van der Waals surface area contributed by atoms with Crippen molar-refractivity contribution in [3.05, 3.63) is 29.6 Å². The largest absolute Gasteiger partial charge is 0.506 e. The normalized spacial score (nSPS) is 26.2. The van der Waals surface area contributed by atoms with Crippen molar-refractivity contribution in [3.8, 4) is 5.75 Å². The number of hydrogen-bond donors (Lipinski definition) is 3. The van der Waals surface area contributed by atoms with E-state index in [0.29, 0.717) is 23.8 Å². The SMILES string of the molecule is CNS(=O)N(CC=O)c1c(O)ccc(C2=CC3CCC2NC3C)c1F. The maximum absolute atomic E-state index is 15.3. The molecule has 1 saturated heterocycles. The summed E-state index contributed by atoms with van der Waals surface area (Å²) >= 11 is -1.84. The fourth-order valence-corrected chi connectivity index (χ4v) is 4.42. The van der Waals surface area contributed by atoms with Crippen molar-refractivity contribution in [1.82, 2.24) is 10.0 Å². The minimum absolute atomic E-state index is 0.0567. The Hall–Kier alpha value is -1.77. The third kappa shape index (κ3) is 3.21. The Balaban J connectivity index is 2.08. The monoisotopic (exact) mass is 367 g/mol. The molecule has 25 heavy (non-hydrogen) atoms. The first-order chi connectivity index (χ1) is 12.0. The van der Waals surface area contributed by atoms with Crippen LogP contribution in [0.1, 0.15) is 25.3 Å². The predicted molar refractivity (Wildman–Crippen MR) is 95.8 cm³/mol. The number of aldehydes is 1. The molecule has 0 spiro atoms. The van der Waals surface area contributed by atoms with Gasteiger partial charge in [-0.3, -0.25) is 4.31 Å². The molecule has 0 radical (unpaired) electrons. The molecular weight excluding hydrogens is 345 g/mol. The summed E-state index contributed by atoms with van der Waals surface area (Å²) in [6, 6.07) is 3.33. The van der Waals surface area contributed by atoms with Crippen LogP contribution in [0, 0.1) is 11.7 Å². The van der Waals surface area contributed by atoms with Gasteiger partial charge in [-0.05, 0) is 50.4 Å². The molecule has 0 aromatic heterocycles. The maximum atomic E-state index is 15.3. The molecule has 4 unspecified atom stereocenters. The second-order valence-corrected chi connectivity index (χ2v) is 7.69. The van der Waals surface area contributed by atoms with Gasteiger partial charge in [0.15, 0.2) is 17.0 Å². The number of halogens is 1. The first-order valence-electron chi connectivity index (χ1n) is 8.28. The fourth-order valence-electron chi connectivity index (χ4n) is 3.66. The molecular formula is C17H22FN3O3S. The van der Waals surface area contributed by atoms with Gasteiger partial charge in [-0.2, -0.15) is 0 Å².